The molecule has 202 valence electrons. The first-order valence-electron chi connectivity index (χ1n) is 11.8. The molecule has 0 bridgehead atoms. The van der Waals surface area contributed by atoms with E-state index in [1.54, 1.807) is 43.3 Å². The molecule has 0 heterocycles. The van der Waals surface area contributed by atoms with Crippen LogP contribution in [0.25, 0.3) is 0 Å². The summed E-state index contributed by atoms with van der Waals surface area (Å²) >= 11 is 12.1. The SMILES string of the molecule is CCC(C(=O)NC)N(Cc1ccc(Cl)cc1)C(=O)CN(c1ccc(Cl)cc1)S(=O)(=O)c1ccc(OC)cc1. The molecule has 1 unspecified atom stereocenters. The third-order valence-corrected chi connectivity index (χ3v) is 8.23. The predicted octanol–water partition coefficient (Wildman–Crippen LogP) is 4.75. The maximum Gasteiger partial charge on any atom is 0.264 e. The van der Waals surface area contributed by atoms with Crippen LogP contribution in [-0.4, -0.2) is 51.9 Å². The van der Waals surface area contributed by atoms with Gasteiger partial charge in [-0.3, -0.25) is 13.9 Å². The van der Waals surface area contributed by atoms with E-state index in [9.17, 15) is 18.0 Å². The summed E-state index contributed by atoms with van der Waals surface area (Å²) in [6.07, 6.45) is 0.325. The van der Waals surface area contributed by atoms with E-state index in [0.717, 1.165) is 9.87 Å². The van der Waals surface area contributed by atoms with E-state index in [2.05, 4.69) is 5.32 Å². The maximum absolute atomic E-state index is 13.8. The summed E-state index contributed by atoms with van der Waals surface area (Å²) in [6, 6.07) is 18.1. The number of anilines is 1. The molecule has 0 aliphatic carbocycles. The van der Waals surface area contributed by atoms with Crippen LogP contribution in [0.5, 0.6) is 5.75 Å². The zero-order valence-electron chi connectivity index (χ0n) is 21.2. The predicted molar refractivity (Wildman–Crippen MR) is 149 cm³/mol. The normalized spacial score (nSPS) is 11.9. The van der Waals surface area contributed by atoms with Crippen LogP contribution in [0.1, 0.15) is 18.9 Å². The molecule has 3 aromatic rings. The molecule has 8 nitrogen and oxygen atoms in total. The number of nitrogens with one attached hydrogen (secondary N) is 1. The topological polar surface area (TPSA) is 96.0 Å². The maximum atomic E-state index is 13.8. The first kappa shape index (κ1) is 29.3. The summed E-state index contributed by atoms with van der Waals surface area (Å²) in [4.78, 5) is 27.9. The second-order valence-corrected chi connectivity index (χ2v) is 11.1. The number of methoxy groups -OCH3 is 1. The average Bonchev–Trinajstić information content (AvgIpc) is 2.92. The zero-order chi connectivity index (χ0) is 27.9. The fraction of sp³-hybridized carbons (Fsp3) is 0.259. The summed E-state index contributed by atoms with van der Waals surface area (Å²) in [5, 5.41) is 3.54. The smallest absolute Gasteiger partial charge is 0.264 e. The van der Waals surface area contributed by atoms with E-state index in [1.807, 2.05) is 0 Å². The van der Waals surface area contributed by atoms with Crippen LogP contribution >= 0.6 is 23.2 Å². The molecule has 0 saturated carbocycles. The molecule has 0 aromatic heterocycles. The van der Waals surface area contributed by atoms with Crippen molar-refractivity contribution >= 4 is 50.7 Å². The number of nitrogens with zero attached hydrogens (tertiary/aromatic N) is 2. The number of likely N-dealkylation sites (N-methyl/N-ethyl adjacent to an activating group) is 1. The Kier molecular flexibility index (Phi) is 10.0. The van der Waals surface area contributed by atoms with Gasteiger partial charge in [0.05, 0.1) is 17.7 Å². The first-order chi connectivity index (χ1) is 18.1. The monoisotopic (exact) mass is 577 g/mol. The fourth-order valence-corrected chi connectivity index (χ4v) is 5.55. The lowest BCUT2D eigenvalue weighted by atomic mass is 10.1. The van der Waals surface area contributed by atoms with E-state index in [1.165, 1.54) is 55.5 Å². The number of halogens is 2. The fourth-order valence-electron chi connectivity index (χ4n) is 3.88. The lowest BCUT2D eigenvalue weighted by Crippen LogP contribution is -2.51. The molecule has 1 atom stereocenters. The molecule has 0 aliphatic heterocycles. The molecule has 11 heteroatoms. The van der Waals surface area contributed by atoms with E-state index >= 15 is 0 Å². The number of carbonyl (C=O) groups excluding carboxylic acids is 2. The highest BCUT2D eigenvalue weighted by atomic mass is 35.5. The number of benzene rings is 3. The summed E-state index contributed by atoms with van der Waals surface area (Å²) < 4.78 is 33.7. The molecule has 3 aromatic carbocycles. The highest BCUT2D eigenvalue weighted by Crippen LogP contribution is 2.27. The Bertz CT molecular complexity index is 1350. The van der Waals surface area contributed by atoms with Gasteiger partial charge in [0.1, 0.15) is 18.3 Å². The number of hydrogen-bond acceptors (Lipinski definition) is 5. The van der Waals surface area contributed by atoms with Gasteiger partial charge in [0.2, 0.25) is 11.8 Å². The summed E-state index contributed by atoms with van der Waals surface area (Å²) in [6.45, 7) is 1.32. The van der Waals surface area contributed by atoms with E-state index < -0.39 is 28.5 Å². The quantitative estimate of drug-likeness (QED) is 0.354. The number of ether oxygens (including phenoxy) is 1. The van der Waals surface area contributed by atoms with Gasteiger partial charge in [-0.05, 0) is 72.6 Å². The summed E-state index contributed by atoms with van der Waals surface area (Å²) in [5.41, 5.74) is 0.985. The van der Waals surface area contributed by atoms with Crippen molar-refractivity contribution in [3.8, 4) is 5.75 Å². The molecule has 0 aliphatic rings. The lowest BCUT2D eigenvalue weighted by Gasteiger charge is -2.33. The number of hydrogen-bond donors (Lipinski definition) is 1. The van der Waals surface area contributed by atoms with Crippen LogP contribution in [-0.2, 0) is 26.2 Å². The van der Waals surface area contributed by atoms with Crippen LogP contribution in [0.3, 0.4) is 0 Å². The minimum absolute atomic E-state index is 0.0244. The zero-order valence-corrected chi connectivity index (χ0v) is 23.6. The Labute approximate surface area is 233 Å². The molecule has 0 fully saturated rings. The van der Waals surface area contributed by atoms with Crippen molar-refractivity contribution in [2.45, 2.75) is 30.8 Å². The Hall–Kier alpha value is -3.27. The summed E-state index contributed by atoms with van der Waals surface area (Å²) in [5.74, 6) is -0.420. The molecule has 0 radical (unpaired) electrons. The molecule has 0 saturated heterocycles. The van der Waals surface area contributed by atoms with Crippen molar-refractivity contribution in [1.82, 2.24) is 10.2 Å². The van der Waals surface area contributed by atoms with Crippen molar-refractivity contribution < 1.29 is 22.7 Å². The molecule has 3 rings (SSSR count). The van der Waals surface area contributed by atoms with Crippen LogP contribution in [0.15, 0.2) is 77.7 Å². The van der Waals surface area contributed by atoms with Crippen molar-refractivity contribution in [3.63, 3.8) is 0 Å². The van der Waals surface area contributed by atoms with E-state index in [-0.39, 0.29) is 23.0 Å². The summed E-state index contributed by atoms with van der Waals surface area (Å²) in [7, 11) is -1.22. The van der Waals surface area contributed by atoms with Crippen LogP contribution in [0, 0.1) is 0 Å². The number of carbonyl (C=O) groups is 2. The lowest BCUT2D eigenvalue weighted by molar-refractivity contribution is -0.140. The average molecular weight is 579 g/mol. The van der Waals surface area contributed by atoms with E-state index in [0.29, 0.717) is 22.2 Å². The van der Waals surface area contributed by atoms with Crippen molar-refractivity contribution in [3.05, 3.63) is 88.4 Å². The number of rotatable bonds is 11. The second kappa shape index (κ2) is 13.0. The van der Waals surface area contributed by atoms with Gasteiger partial charge in [0.25, 0.3) is 10.0 Å². The van der Waals surface area contributed by atoms with Gasteiger partial charge in [0, 0.05) is 23.6 Å². The molecule has 1 N–H and O–H groups in total. The first-order valence-corrected chi connectivity index (χ1v) is 14.0. The molecular formula is C27H29Cl2N3O5S. The van der Waals surface area contributed by atoms with Crippen LogP contribution < -0.4 is 14.4 Å². The molecule has 0 spiro atoms. The van der Waals surface area contributed by atoms with Crippen molar-refractivity contribution in [1.29, 1.82) is 0 Å². The Morgan fingerprint density at radius 3 is 1.97 bits per heavy atom. The Morgan fingerprint density at radius 1 is 0.921 bits per heavy atom. The minimum Gasteiger partial charge on any atom is -0.497 e. The molecule has 2 amide bonds. The van der Waals surface area contributed by atoms with E-state index in [4.69, 9.17) is 27.9 Å². The number of amides is 2. The van der Waals surface area contributed by atoms with Crippen LogP contribution in [0.2, 0.25) is 10.0 Å². The third kappa shape index (κ3) is 6.98. The minimum atomic E-state index is -4.19. The highest BCUT2D eigenvalue weighted by Gasteiger charge is 2.33. The standard InChI is InChI=1S/C27H29Cl2N3O5S/c1-4-25(27(34)30-2)31(17-19-5-7-20(28)8-6-19)26(33)18-32(22-11-9-21(29)10-12-22)38(35,36)24-15-13-23(37-3)14-16-24/h5-16,25H,4,17-18H2,1-3H3,(H,30,34). The van der Waals surface area contributed by atoms with Crippen molar-refractivity contribution in [2.75, 3.05) is 25.0 Å². The van der Waals surface area contributed by atoms with Gasteiger partial charge in [-0.2, -0.15) is 0 Å². The van der Waals surface area contributed by atoms with Crippen molar-refractivity contribution in [2.24, 2.45) is 0 Å². The number of sulfonamides is 1. The Balaban J connectivity index is 2.04. The molecular weight excluding hydrogens is 549 g/mol. The second-order valence-electron chi connectivity index (χ2n) is 8.35. The molecule has 38 heavy (non-hydrogen) atoms. The van der Waals surface area contributed by atoms with Gasteiger partial charge in [-0.15, -0.1) is 0 Å². The van der Waals surface area contributed by atoms with Crippen LogP contribution in [0.4, 0.5) is 5.69 Å². The Morgan fingerprint density at radius 2 is 1.47 bits per heavy atom. The van der Waals surface area contributed by atoms with Gasteiger partial charge in [-0.1, -0.05) is 42.3 Å². The van der Waals surface area contributed by atoms with Gasteiger partial charge < -0.3 is 15.0 Å². The van der Waals surface area contributed by atoms with Gasteiger partial charge in [0.15, 0.2) is 0 Å². The third-order valence-electron chi connectivity index (χ3n) is 5.94. The largest absolute Gasteiger partial charge is 0.497 e. The van der Waals surface area contributed by atoms with Gasteiger partial charge in [-0.25, -0.2) is 8.42 Å². The highest BCUT2D eigenvalue weighted by molar-refractivity contribution is 7.92. The van der Waals surface area contributed by atoms with Gasteiger partial charge >= 0.3 is 0 Å².